The second-order valence-electron chi connectivity index (χ2n) is 4.95. The minimum absolute atomic E-state index is 0.0431. The molecule has 4 nitrogen and oxygen atoms in total. The van der Waals surface area contributed by atoms with Crippen LogP contribution in [0.5, 0.6) is 0 Å². The van der Waals surface area contributed by atoms with E-state index in [1.165, 1.54) is 18.6 Å². The van der Waals surface area contributed by atoms with E-state index in [1.54, 1.807) is 17.8 Å². The van der Waals surface area contributed by atoms with E-state index < -0.39 is 5.82 Å². The first-order chi connectivity index (χ1) is 9.67. The first kappa shape index (κ1) is 15.1. The number of rotatable bonds is 4. The summed E-state index contributed by atoms with van der Waals surface area (Å²) >= 11 is 1.78. The summed E-state index contributed by atoms with van der Waals surface area (Å²) in [6.07, 6.45) is 6.46. The average Bonchev–Trinajstić information content (AvgIpc) is 2.47. The first-order valence-electron chi connectivity index (χ1n) is 6.76. The highest BCUT2D eigenvalue weighted by atomic mass is 32.2. The number of halogens is 1. The molecule has 1 aliphatic rings. The quantitative estimate of drug-likeness (QED) is 0.590. The van der Waals surface area contributed by atoms with Gasteiger partial charge in [0.05, 0.1) is 11.3 Å². The van der Waals surface area contributed by atoms with Crippen LogP contribution in [0.15, 0.2) is 18.2 Å². The van der Waals surface area contributed by atoms with E-state index in [0.717, 1.165) is 19.3 Å². The highest BCUT2D eigenvalue weighted by Gasteiger charge is 2.27. The smallest absolute Gasteiger partial charge is 0.253 e. The van der Waals surface area contributed by atoms with Gasteiger partial charge in [-0.3, -0.25) is 10.6 Å². The molecule has 0 radical (unpaired) electrons. The maximum Gasteiger partial charge on any atom is 0.253 e. The van der Waals surface area contributed by atoms with Crippen molar-refractivity contribution in [3.8, 4) is 0 Å². The summed E-state index contributed by atoms with van der Waals surface area (Å²) in [6.45, 7) is 0. The topological polar surface area (TPSA) is 67.2 Å². The number of hydrogen-bond donors (Lipinski definition) is 3. The van der Waals surface area contributed by atoms with Gasteiger partial charge in [-0.2, -0.15) is 11.8 Å². The summed E-state index contributed by atoms with van der Waals surface area (Å²) in [5.74, 6) is 4.50. The Hall–Kier alpha value is -1.27. The second kappa shape index (κ2) is 6.95. The molecule has 110 valence electrons. The van der Waals surface area contributed by atoms with Gasteiger partial charge in [0.2, 0.25) is 0 Å². The molecule has 6 heteroatoms. The molecular weight excluding hydrogens is 277 g/mol. The Morgan fingerprint density at radius 3 is 2.85 bits per heavy atom. The minimum atomic E-state index is -0.523. The van der Waals surface area contributed by atoms with Gasteiger partial charge in [-0.05, 0) is 31.2 Å². The fraction of sp³-hybridized carbons (Fsp3) is 0.500. The van der Waals surface area contributed by atoms with Crippen molar-refractivity contribution in [1.29, 1.82) is 0 Å². The SMILES string of the molecule is CSC1CCCCC1NC(=O)c1cccc(F)c1NN. The molecular formula is C14H20FN3OS. The maximum absolute atomic E-state index is 13.6. The van der Waals surface area contributed by atoms with E-state index in [2.05, 4.69) is 17.0 Å². The van der Waals surface area contributed by atoms with Crippen molar-refractivity contribution in [2.45, 2.75) is 37.0 Å². The molecule has 0 aliphatic heterocycles. The monoisotopic (exact) mass is 297 g/mol. The van der Waals surface area contributed by atoms with Crippen molar-refractivity contribution in [3.05, 3.63) is 29.6 Å². The fourth-order valence-corrected chi connectivity index (χ4v) is 3.59. The molecule has 0 saturated heterocycles. The second-order valence-corrected chi connectivity index (χ2v) is 6.02. The number of hydrogen-bond acceptors (Lipinski definition) is 4. The van der Waals surface area contributed by atoms with E-state index in [0.29, 0.717) is 5.25 Å². The standard InChI is InChI=1S/C14H20FN3OS/c1-20-12-8-3-2-7-11(12)17-14(19)9-5-4-6-10(15)13(9)18-16/h4-6,11-12,18H,2-3,7-8,16H2,1H3,(H,17,19). The van der Waals surface area contributed by atoms with Gasteiger partial charge in [0.25, 0.3) is 5.91 Å². The van der Waals surface area contributed by atoms with Gasteiger partial charge < -0.3 is 10.7 Å². The van der Waals surface area contributed by atoms with Crippen LogP contribution in [-0.4, -0.2) is 23.5 Å². The Morgan fingerprint density at radius 1 is 1.40 bits per heavy atom. The van der Waals surface area contributed by atoms with Gasteiger partial charge in [0.15, 0.2) is 0 Å². The lowest BCUT2D eigenvalue weighted by Crippen LogP contribution is -2.44. The van der Waals surface area contributed by atoms with Crippen LogP contribution in [0.4, 0.5) is 10.1 Å². The number of carbonyl (C=O) groups excluding carboxylic acids is 1. The number of thioether (sulfide) groups is 1. The van der Waals surface area contributed by atoms with Crippen LogP contribution < -0.4 is 16.6 Å². The van der Waals surface area contributed by atoms with Crippen LogP contribution >= 0.6 is 11.8 Å². The predicted octanol–water partition coefficient (Wildman–Crippen LogP) is 2.52. The summed E-state index contributed by atoms with van der Waals surface area (Å²) < 4.78 is 13.6. The average molecular weight is 297 g/mol. The van der Waals surface area contributed by atoms with Crippen LogP contribution in [0.1, 0.15) is 36.0 Å². The van der Waals surface area contributed by atoms with Crippen molar-refractivity contribution >= 4 is 23.4 Å². The molecule has 1 fully saturated rings. The zero-order chi connectivity index (χ0) is 14.5. The third kappa shape index (κ3) is 3.24. The van der Waals surface area contributed by atoms with Crippen LogP contribution in [0, 0.1) is 5.82 Å². The van der Waals surface area contributed by atoms with E-state index >= 15 is 0 Å². The van der Waals surface area contributed by atoms with Gasteiger partial charge in [-0.1, -0.05) is 18.9 Å². The Kier molecular flexibility index (Phi) is 5.25. The zero-order valence-electron chi connectivity index (χ0n) is 11.5. The molecule has 2 atom stereocenters. The minimum Gasteiger partial charge on any atom is -0.348 e. The van der Waals surface area contributed by atoms with Crippen LogP contribution in [0.25, 0.3) is 0 Å². The van der Waals surface area contributed by atoms with Crippen LogP contribution in [-0.2, 0) is 0 Å². The number of hydrazine groups is 1. The molecule has 2 rings (SSSR count). The summed E-state index contributed by atoms with van der Waals surface area (Å²) in [4.78, 5) is 12.3. The maximum atomic E-state index is 13.6. The molecule has 1 aromatic rings. The molecule has 1 amide bonds. The number of para-hydroxylation sites is 1. The predicted molar refractivity (Wildman–Crippen MR) is 81.2 cm³/mol. The number of benzene rings is 1. The lowest BCUT2D eigenvalue weighted by molar-refractivity contribution is 0.0930. The summed E-state index contributed by atoms with van der Waals surface area (Å²) in [5, 5.41) is 3.44. The van der Waals surface area contributed by atoms with Crippen molar-refractivity contribution < 1.29 is 9.18 Å². The van der Waals surface area contributed by atoms with Crippen molar-refractivity contribution in [2.75, 3.05) is 11.7 Å². The molecule has 0 spiro atoms. The Morgan fingerprint density at radius 2 is 2.15 bits per heavy atom. The van der Waals surface area contributed by atoms with Gasteiger partial charge in [0.1, 0.15) is 5.82 Å². The first-order valence-corrected chi connectivity index (χ1v) is 8.05. The van der Waals surface area contributed by atoms with Crippen molar-refractivity contribution in [3.63, 3.8) is 0 Å². The third-order valence-electron chi connectivity index (χ3n) is 3.72. The molecule has 1 saturated carbocycles. The number of nitrogen functional groups attached to an aromatic ring is 1. The molecule has 2 unspecified atom stereocenters. The molecule has 1 aromatic carbocycles. The van der Waals surface area contributed by atoms with Gasteiger partial charge >= 0.3 is 0 Å². The lowest BCUT2D eigenvalue weighted by Gasteiger charge is -2.31. The number of carbonyl (C=O) groups is 1. The molecule has 4 N–H and O–H groups in total. The number of amides is 1. The number of nitrogens with one attached hydrogen (secondary N) is 2. The normalized spacial score (nSPS) is 22.4. The van der Waals surface area contributed by atoms with Crippen LogP contribution in [0.2, 0.25) is 0 Å². The molecule has 0 bridgehead atoms. The highest BCUT2D eigenvalue weighted by molar-refractivity contribution is 7.99. The van der Waals surface area contributed by atoms with E-state index in [4.69, 9.17) is 5.84 Å². The van der Waals surface area contributed by atoms with Crippen molar-refractivity contribution in [1.82, 2.24) is 5.32 Å². The van der Waals surface area contributed by atoms with E-state index in [-0.39, 0.29) is 23.2 Å². The Balaban J connectivity index is 2.13. The van der Waals surface area contributed by atoms with Crippen molar-refractivity contribution in [2.24, 2.45) is 5.84 Å². The van der Waals surface area contributed by atoms with E-state index in [9.17, 15) is 9.18 Å². The molecule has 20 heavy (non-hydrogen) atoms. The van der Waals surface area contributed by atoms with Gasteiger partial charge in [0, 0.05) is 11.3 Å². The van der Waals surface area contributed by atoms with Gasteiger partial charge in [-0.15, -0.1) is 0 Å². The van der Waals surface area contributed by atoms with E-state index in [1.807, 2.05) is 0 Å². The largest absolute Gasteiger partial charge is 0.348 e. The van der Waals surface area contributed by atoms with Gasteiger partial charge in [-0.25, -0.2) is 4.39 Å². The zero-order valence-corrected chi connectivity index (χ0v) is 12.3. The summed E-state index contributed by atoms with van der Waals surface area (Å²) in [5.41, 5.74) is 2.56. The fourth-order valence-electron chi connectivity index (χ4n) is 2.65. The third-order valence-corrected chi connectivity index (χ3v) is 4.89. The molecule has 1 aliphatic carbocycles. The summed E-state index contributed by atoms with van der Waals surface area (Å²) in [6, 6.07) is 4.50. The lowest BCUT2D eigenvalue weighted by atomic mass is 9.94. The molecule has 0 heterocycles. The molecule has 0 aromatic heterocycles. The Labute approximate surface area is 122 Å². The number of anilines is 1. The van der Waals surface area contributed by atoms with Crippen LogP contribution in [0.3, 0.4) is 0 Å². The summed E-state index contributed by atoms with van der Waals surface area (Å²) in [7, 11) is 0. The number of nitrogens with two attached hydrogens (primary N) is 1. The highest BCUT2D eigenvalue weighted by Crippen LogP contribution is 2.28. The Bertz CT molecular complexity index is 483.